The summed E-state index contributed by atoms with van der Waals surface area (Å²) in [6, 6.07) is 0. The molecule has 0 aromatic heterocycles. The second-order valence-corrected chi connectivity index (χ2v) is 4.46. The van der Waals surface area contributed by atoms with E-state index in [1.54, 1.807) is 6.08 Å². The smallest absolute Gasteiger partial charge is 0.0612 e. The maximum absolute atomic E-state index is 8.45. The van der Waals surface area contributed by atoms with E-state index in [0.29, 0.717) is 10.5 Å². The lowest BCUT2D eigenvalue weighted by molar-refractivity contribution is 0.342. The van der Waals surface area contributed by atoms with Gasteiger partial charge in [-0.05, 0) is 12.2 Å². The lowest BCUT2D eigenvalue weighted by atomic mass is 10.4. The number of hydrogen-bond donors (Lipinski definition) is 1. The van der Waals surface area contributed by atoms with Gasteiger partial charge in [-0.25, -0.2) is 0 Å². The number of rotatable bonds is 4. The van der Waals surface area contributed by atoms with Gasteiger partial charge in [0, 0.05) is 5.25 Å². The Labute approximate surface area is 67.5 Å². The van der Waals surface area contributed by atoms with Crippen molar-refractivity contribution in [1.29, 1.82) is 0 Å². The third kappa shape index (κ3) is 6.17. The van der Waals surface area contributed by atoms with Crippen LogP contribution >= 0.6 is 11.8 Å². The molecule has 1 N–H and O–H groups in total. The minimum absolute atomic E-state index is 0.156. The molecule has 0 unspecified atom stereocenters. The van der Waals surface area contributed by atoms with Crippen molar-refractivity contribution >= 4 is 11.8 Å². The molecule has 0 saturated carbocycles. The van der Waals surface area contributed by atoms with E-state index in [1.165, 1.54) is 0 Å². The fraction of sp³-hybridized carbons (Fsp3) is 0.750. The zero-order valence-electron chi connectivity index (χ0n) is 6.87. The van der Waals surface area contributed by atoms with Crippen molar-refractivity contribution in [3.8, 4) is 0 Å². The molecule has 0 spiro atoms. The minimum Gasteiger partial charge on any atom is -0.392 e. The molecule has 1 nitrogen and oxygen atoms in total. The Balaban J connectivity index is 3.42. The van der Waals surface area contributed by atoms with E-state index in [1.807, 2.05) is 17.8 Å². The van der Waals surface area contributed by atoms with Gasteiger partial charge in [0.15, 0.2) is 0 Å². The largest absolute Gasteiger partial charge is 0.392 e. The van der Waals surface area contributed by atoms with Crippen molar-refractivity contribution in [2.45, 2.75) is 31.3 Å². The zero-order chi connectivity index (χ0) is 7.98. The van der Waals surface area contributed by atoms with Crippen molar-refractivity contribution < 1.29 is 5.11 Å². The molecule has 2 heteroatoms. The molecule has 1 atom stereocenters. The number of aliphatic hydroxyl groups is 1. The number of hydrogen-bond acceptors (Lipinski definition) is 2. The summed E-state index contributed by atoms with van der Waals surface area (Å²) in [5, 5.41) is 9.64. The van der Waals surface area contributed by atoms with E-state index in [4.69, 9.17) is 5.11 Å². The van der Waals surface area contributed by atoms with Crippen molar-refractivity contribution in [2.24, 2.45) is 0 Å². The summed E-state index contributed by atoms with van der Waals surface area (Å²) in [5.41, 5.74) is 0. The monoisotopic (exact) mass is 160 g/mol. The van der Waals surface area contributed by atoms with Crippen LogP contribution < -0.4 is 0 Å². The summed E-state index contributed by atoms with van der Waals surface area (Å²) >= 11 is 1.90. The Morgan fingerprint density at radius 2 is 2.00 bits per heavy atom. The van der Waals surface area contributed by atoms with Gasteiger partial charge in [-0.3, -0.25) is 0 Å². The number of aliphatic hydroxyl groups excluding tert-OH is 1. The minimum atomic E-state index is 0.156. The predicted octanol–water partition coefficient (Wildman–Crippen LogP) is 2.06. The SMILES string of the molecule is CC(C)S[C@H](C)/C=C/CO. The highest BCUT2D eigenvalue weighted by Crippen LogP contribution is 2.17. The van der Waals surface area contributed by atoms with Gasteiger partial charge < -0.3 is 5.11 Å². The molecule has 0 aliphatic carbocycles. The van der Waals surface area contributed by atoms with Crippen LogP contribution in [0.2, 0.25) is 0 Å². The van der Waals surface area contributed by atoms with Gasteiger partial charge in [-0.2, -0.15) is 11.8 Å². The molecule has 60 valence electrons. The first-order valence-corrected chi connectivity index (χ1v) is 4.54. The fourth-order valence-corrected chi connectivity index (χ4v) is 1.79. The molecule has 0 aromatic rings. The van der Waals surface area contributed by atoms with Crippen LogP contribution in [-0.2, 0) is 0 Å². The van der Waals surface area contributed by atoms with Crippen LogP contribution in [0.1, 0.15) is 20.8 Å². The van der Waals surface area contributed by atoms with Gasteiger partial charge >= 0.3 is 0 Å². The summed E-state index contributed by atoms with van der Waals surface area (Å²) in [4.78, 5) is 0. The first-order chi connectivity index (χ1) is 4.66. The van der Waals surface area contributed by atoms with E-state index < -0.39 is 0 Å². The molecule has 0 saturated heterocycles. The van der Waals surface area contributed by atoms with E-state index in [-0.39, 0.29) is 6.61 Å². The van der Waals surface area contributed by atoms with Gasteiger partial charge in [-0.1, -0.05) is 26.0 Å². The van der Waals surface area contributed by atoms with Crippen LogP contribution in [0.15, 0.2) is 12.2 Å². The highest BCUT2D eigenvalue weighted by atomic mass is 32.2. The lowest BCUT2D eigenvalue weighted by Gasteiger charge is -2.08. The van der Waals surface area contributed by atoms with E-state index in [0.717, 1.165) is 0 Å². The molecule has 10 heavy (non-hydrogen) atoms. The fourth-order valence-electron chi connectivity index (χ4n) is 0.727. The summed E-state index contributed by atoms with van der Waals surface area (Å²) in [6.45, 7) is 6.64. The quantitative estimate of drug-likeness (QED) is 0.635. The van der Waals surface area contributed by atoms with Crippen molar-refractivity contribution in [1.82, 2.24) is 0 Å². The molecule has 0 radical (unpaired) electrons. The normalized spacial score (nSPS) is 14.9. The second kappa shape index (κ2) is 5.81. The molecular weight excluding hydrogens is 144 g/mol. The molecular formula is C8H16OS. The van der Waals surface area contributed by atoms with Crippen molar-refractivity contribution in [3.63, 3.8) is 0 Å². The van der Waals surface area contributed by atoms with Crippen LogP contribution in [0.4, 0.5) is 0 Å². The second-order valence-electron chi connectivity index (χ2n) is 2.50. The molecule has 0 aliphatic heterocycles. The first kappa shape index (κ1) is 10.0. The Morgan fingerprint density at radius 1 is 1.40 bits per heavy atom. The highest BCUT2D eigenvalue weighted by Gasteiger charge is 1.99. The average Bonchev–Trinajstić information content (AvgIpc) is 1.82. The summed E-state index contributed by atoms with van der Waals surface area (Å²) in [7, 11) is 0. The summed E-state index contributed by atoms with van der Waals surface area (Å²) < 4.78 is 0. The highest BCUT2D eigenvalue weighted by molar-refractivity contribution is 8.00. The van der Waals surface area contributed by atoms with Gasteiger partial charge in [0.2, 0.25) is 0 Å². The Bertz CT molecular complexity index is 99.4. The molecule has 0 aromatic carbocycles. The van der Waals surface area contributed by atoms with Gasteiger partial charge in [-0.15, -0.1) is 0 Å². The topological polar surface area (TPSA) is 20.2 Å². The van der Waals surface area contributed by atoms with E-state index >= 15 is 0 Å². The van der Waals surface area contributed by atoms with Crippen LogP contribution in [0.3, 0.4) is 0 Å². The Kier molecular flexibility index (Phi) is 5.84. The van der Waals surface area contributed by atoms with Crippen molar-refractivity contribution in [2.75, 3.05) is 6.61 Å². The third-order valence-corrected chi connectivity index (χ3v) is 2.13. The maximum Gasteiger partial charge on any atom is 0.0612 e. The molecule has 0 bridgehead atoms. The van der Waals surface area contributed by atoms with Crippen LogP contribution in [0.5, 0.6) is 0 Å². The maximum atomic E-state index is 8.45. The first-order valence-electron chi connectivity index (χ1n) is 3.59. The van der Waals surface area contributed by atoms with Crippen molar-refractivity contribution in [3.05, 3.63) is 12.2 Å². The van der Waals surface area contributed by atoms with Crippen LogP contribution in [0, 0.1) is 0 Å². The van der Waals surface area contributed by atoms with Gasteiger partial charge in [0.25, 0.3) is 0 Å². The lowest BCUT2D eigenvalue weighted by Crippen LogP contribution is -1.97. The van der Waals surface area contributed by atoms with Gasteiger partial charge in [0.05, 0.1) is 6.61 Å². The predicted molar refractivity (Wildman–Crippen MR) is 48.4 cm³/mol. The summed E-state index contributed by atoms with van der Waals surface area (Å²) in [6.07, 6.45) is 3.82. The molecule has 0 heterocycles. The Hall–Kier alpha value is 0.0500. The summed E-state index contributed by atoms with van der Waals surface area (Å²) in [5.74, 6) is 0. The Morgan fingerprint density at radius 3 is 2.40 bits per heavy atom. The molecule has 0 rings (SSSR count). The van der Waals surface area contributed by atoms with Gasteiger partial charge in [0.1, 0.15) is 0 Å². The molecule has 0 fully saturated rings. The van der Waals surface area contributed by atoms with Crippen LogP contribution in [0.25, 0.3) is 0 Å². The molecule has 0 aliphatic rings. The number of thioether (sulfide) groups is 1. The third-order valence-electron chi connectivity index (χ3n) is 0.999. The van der Waals surface area contributed by atoms with E-state index in [9.17, 15) is 0 Å². The zero-order valence-corrected chi connectivity index (χ0v) is 7.69. The van der Waals surface area contributed by atoms with Crippen LogP contribution in [-0.4, -0.2) is 22.2 Å². The average molecular weight is 160 g/mol. The van der Waals surface area contributed by atoms with E-state index in [2.05, 4.69) is 20.8 Å². The standard InChI is InChI=1S/C8H16OS/c1-7(2)10-8(3)5-4-6-9/h4-5,7-9H,6H2,1-3H3/b5-4+/t8-/m1/s1. The molecule has 0 amide bonds.